The van der Waals surface area contributed by atoms with E-state index in [9.17, 15) is 13.6 Å². The molecule has 0 fully saturated rings. The van der Waals surface area contributed by atoms with Crippen molar-refractivity contribution in [2.75, 3.05) is 12.3 Å². The number of primary amides is 1. The fourth-order valence-corrected chi connectivity index (χ4v) is 0.965. The standard InChI is InChI=1S/C9H10F2N2O2/c10-8(11)4-15-7-3-5(9(13)14)1-2-6(7)12/h1-3,8H,4,12H2,(H2,13,14). The first kappa shape index (κ1) is 11.2. The van der Waals surface area contributed by atoms with Crippen LogP contribution in [0.25, 0.3) is 0 Å². The molecule has 1 aromatic rings. The Labute approximate surface area is 84.8 Å². The van der Waals surface area contributed by atoms with Gasteiger partial charge in [-0.25, -0.2) is 8.78 Å². The first-order chi connectivity index (χ1) is 7.00. The van der Waals surface area contributed by atoms with Gasteiger partial charge in [0.1, 0.15) is 12.4 Å². The summed E-state index contributed by atoms with van der Waals surface area (Å²) in [5.74, 6) is -0.636. The third kappa shape index (κ3) is 3.08. The molecule has 1 rings (SSSR count). The average molecular weight is 216 g/mol. The fourth-order valence-electron chi connectivity index (χ4n) is 0.965. The lowest BCUT2D eigenvalue weighted by atomic mass is 10.2. The van der Waals surface area contributed by atoms with Crippen LogP contribution in [0.4, 0.5) is 14.5 Å². The van der Waals surface area contributed by atoms with Crippen molar-refractivity contribution >= 4 is 11.6 Å². The topological polar surface area (TPSA) is 78.3 Å². The van der Waals surface area contributed by atoms with Crippen molar-refractivity contribution in [3.8, 4) is 5.75 Å². The van der Waals surface area contributed by atoms with Crippen LogP contribution < -0.4 is 16.2 Å². The maximum absolute atomic E-state index is 11.9. The summed E-state index contributed by atoms with van der Waals surface area (Å²) < 4.78 is 28.4. The molecular formula is C9H10F2N2O2. The van der Waals surface area contributed by atoms with Crippen LogP contribution in [0.3, 0.4) is 0 Å². The van der Waals surface area contributed by atoms with Crippen molar-refractivity contribution in [3.05, 3.63) is 23.8 Å². The largest absolute Gasteiger partial charge is 0.485 e. The number of halogens is 2. The highest BCUT2D eigenvalue weighted by Crippen LogP contribution is 2.22. The summed E-state index contributed by atoms with van der Waals surface area (Å²) in [7, 11) is 0. The zero-order valence-corrected chi connectivity index (χ0v) is 7.74. The van der Waals surface area contributed by atoms with Gasteiger partial charge in [0.25, 0.3) is 6.43 Å². The lowest BCUT2D eigenvalue weighted by Gasteiger charge is -2.08. The molecule has 82 valence electrons. The Bertz CT molecular complexity index is 369. The van der Waals surface area contributed by atoms with Crippen LogP contribution in [0.15, 0.2) is 18.2 Å². The second kappa shape index (κ2) is 4.59. The Morgan fingerprint density at radius 3 is 2.67 bits per heavy atom. The van der Waals surface area contributed by atoms with E-state index >= 15 is 0 Å². The summed E-state index contributed by atoms with van der Waals surface area (Å²) in [6.07, 6.45) is -2.60. The lowest BCUT2D eigenvalue weighted by molar-refractivity contribution is 0.0822. The summed E-state index contributed by atoms with van der Waals surface area (Å²) >= 11 is 0. The summed E-state index contributed by atoms with van der Waals surface area (Å²) in [5, 5.41) is 0. The summed E-state index contributed by atoms with van der Waals surface area (Å²) in [4.78, 5) is 10.8. The number of hydrogen-bond acceptors (Lipinski definition) is 3. The van der Waals surface area contributed by atoms with Gasteiger partial charge in [-0.3, -0.25) is 4.79 Å². The zero-order valence-electron chi connectivity index (χ0n) is 7.74. The third-order valence-corrected chi connectivity index (χ3v) is 1.66. The molecule has 4 N–H and O–H groups in total. The van der Waals surface area contributed by atoms with Crippen molar-refractivity contribution in [2.45, 2.75) is 6.43 Å². The van der Waals surface area contributed by atoms with Crippen molar-refractivity contribution in [2.24, 2.45) is 5.73 Å². The molecule has 4 nitrogen and oxygen atoms in total. The highest BCUT2D eigenvalue weighted by atomic mass is 19.3. The minimum atomic E-state index is -2.60. The molecule has 0 spiro atoms. The Morgan fingerprint density at radius 2 is 2.13 bits per heavy atom. The van der Waals surface area contributed by atoms with Crippen molar-refractivity contribution in [3.63, 3.8) is 0 Å². The first-order valence-corrected chi connectivity index (χ1v) is 4.11. The molecule has 0 aliphatic carbocycles. The minimum Gasteiger partial charge on any atom is -0.485 e. The van der Waals surface area contributed by atoms with Gasteiger partial charge >= 0.3 is 0 Å². The SMILES string of the molecule is NC(=O)c1ccc(N)c(OCC(F)F)c1. The molecule has 15 heavy (non-hydrogen) atoms. The molecule has 1 aromatic carbocycles. The Morgan fingerprint density at radius 1 is 1.47 bits per heavy atom. The first-order valence-electron chi connectivity index (χ1n) is 4.11. The predicted octanol–water partition coefficient (Wildman–Crippen LogP) is 1.01. The highest BCUT2D eigenvalue weighted by molar-refractivity contribution is 5.93. The van der Waals surface area contributed by atoms with Gasteiger partial charge in [0.05, 0.1) is 5.69 Å². The number of carbonyl (C=O) groups is 1. The summed E-state index contributed by atoms with van der Waals surface area (Å²) in [5.41, 5.74) is 10.8. The molecule has 1 amide bonds. The number of carbonyl (C=O) groups excluding carboxylic acids is 1. The van der Waals surface area contributed by atoms with Crippen molar-refractivity contribution < 1.29 is 18.3 Å². The van der Waals surface area contributed by atoms with Crippen LogP contribution in [0.2, 0.25) is 0 Å². The van der Waals surface area contributed by atoms with Crippen LogP contribution in [0.5, 0.6) is 5.75 Å². The predicted molar refractivity (Wildman–Crippen MR) is 50.9 cm³/mol. The van der Waals surface area contributed by atoms with Crippen LogP contribution in [-0.2, 0) is 0 Å². The molecule has 0 saturated heterocycles. The second-order valence-corrected chi connectivity index (χ2v) is 2.82. The third-order valence-electron chi connectivity index (χ3n) is 1.66. The van der Waals surface area contributed by atoms with E-state index < -0.39 is 18.9 Å². The monoisotopic (exact) mass is 216 g/mol. The van der Waals surface area contributed by atoms with E-state index in [1.54, 1.807) is 0 Å². The van der Waals surface area contributed by atoms with Gasteiger partial charge in [-0.05, 0) is 18.2 Å². The number of hydrogen-bond donors (Lipinski definition) is 2. The van der Waals surface area contributed by atoms with Crippen LogP contribution in [0.1, 0.15) is 10.4 Å². The van der Waals surface area contributed by atoms with E-state index in [0.29, 0.717) is 0 Å². The van der Waals surface area contributed by atoms with E-state index in [1.165, 1.54) is 18.2 Å². The second-order valence-electron chi connectivity index (χ2n) is 2.82. The number of nitrogen functional groups attached to an aromatic ring is 1. The van der Waals surface area contributed by atoms with E-state index in [0.717, 1.165) is 0 Å². The number of ether oxygens (including phenoxy) is 1. The number of amides is 1. The molecule has 0 aromatic heterocycles. The number of alkyl halides is 2. The van der Waals surface area contributed by atoms with Gasteiger partial charge in [-0.2, -0.15) is 0 Å². The van der Waals surface area contributed by atoms with Crippen LogP contribution in [0, 0.1) is 0 Å². The van der Waals surface area contributed by atoms with E-state index in [1.807, 2.05) is 0 Å². The maximum atomic E-state index is 11.9. The molecular weight excluding hydrogens is 206 g/mol. The van der Waals surface area contributed by atoms with Gasteiger partial charge in [0, 0.05) is 5.56 Å². The maximum Gasteiger partial charge on any atom is 0.272 e. The summed E-state index contributed by atoms with van der Waals surface area (Å²) in [6.45, 7) is -0.771. The van der Waals surface area contributed by atoms with Crippen LogP contribution in [-0.4, -0.2) is 18.9 Å². The molecule has 0 radical (unpaired) electrons. The van der Waals surface area contributed by atoms with Gasteiger partial charge in [0.15, 0.2) is 0 Å². The summed E-state index contributed by atoms with van der Waals surface area (Å²) in [6, 6.07) is 4.01. The number of benzene rings is 1. The van der Waals surface area contributed by atoms with Gasteiger partial charge in [-0.1, -0.05) is 0 Å². The quantitative estimate of drug-likeness (QED) is 0.737. The number of anilines is 1. The average Bonchev–Trinajstić information content (AvgIpc) is 2.16. The number of rotatable bonds is 4. The molecule has 0 unspecified atom stereocenters. The molecule has 0 atom stereocenters. The Kier molecular flexibility index (Phi) is 3.43. The van der Waals surface area contributed by atoms with Gasteiger partial charge < -0.3 is 16.2 Å². The molecule has 0 saturated carbocycles. The van der Waals surface area contributed by atoms with Gasteiger partial charge in [-0.15, -0.1) is 0 Å². The zero-order chi connectivity index (χ0) is 11.4. The molecule has 6 heteroatoms. The highest BCUT2D eigenvalue weighted by Gasteiger charge is 2.09. The van der Waals surface area contributed by atoms with E-state index in [-0.39, 0.29) is 17.0 Å². The smallest absolute Gasteiger partial charge is 0.272 e. The van der Waals surface area contributed by atoms with Crippen molar-refractivity contribution in [1.29, 1.82) is 0 Å². The normalized spacial score (nSPS) is 10.3. The lowest BCUT2D eigenvalue weighted by Crippen LogP contribution is -2.13. The van der Waals surface area contributed by atoms with Gasteiger partial charge in [0.2, 0.25) is 5.91 Å². The van der Waals surface area contributed by atoms with Crippen molar-refractivity contribution in [1.82, 2.24) is 0 Å². The van der Waals surface area contributed by atoms with E-state index in [2.05, 4.69) is 0 Å². The Balaban J connectivity index is 2.85. The molecule has 0 aliphatic rings. The minimum absolute atomic E-state index is 0.0339. The molecule has 0 heterocycles. The molecule has 0 aliphatic heterocycles. The van der Waals surface area contributed by atoms with E-state index in [4.69, 9.17) is 16.2 Å². The fraction of sp³-hybridized carbons (Fsp3) is 0.222. The Hall–Kier alpha value is -1.85. The molecule has 0 bridgehead atoms. The number of nitrogens with two attached hydrogens (primary N) is 2. The van der Waals surface area contributed by atoms with Crippen LogP contribution >= 0.6 is 0 Å².